The fraction of sp³-hybridized carbons (Fsp3) is 0.511. The molecule has 73 heavy (non-hydrogen) atoms. The quantitative estimate of drug-likeness (QED) is 0.0458. The molecule has 7 rings (SSSR count). The zero-order valence-corrected chi connectivity index (χ0v) is 42.8. The second-order valence-electron chi connectivity index (χ2n) is 18.2. The van der Waals surface area contributed by atoms with E-state index in [1.807, 2.05) is 6.92 Å². The number of fused-ring (bicyclic) bond motifs is 4. The Bertz CT molecular complexity index is 2490. The summed E-state index contributed by atoms with van der Waals surface area (Å²) in [5.74, 6) is -7.43. The minimum Gasteiger partial charge on any atom is -0.540 e. The van der Waals surface area contributed by atoms with E-state index in [0.717, 1.165) is 6.42 Å². The van der Waals surface area contributed by atoms with Crippen LogP contribution >= 0.6 is 0 Å². The van der Waals surface area contributed by atoms with E-state index in [0.29, 0.717) is 34.4 Å². The number of halogens is 1. The average molecular weight is 1030 g/mol. The number of aliphatic hydroxyl groups excluding tert-OH is 2. The van der Waals surface area contributed by atoms with Gasteiger partial charge in [0.15, 0.2) is 12.3 Å². The predicted molar refractivity (Wildman–Crippen MR) is 248 cm³/mol. The molecule has 390 valence electrons. The van der Waals surface area contributed by atoms with Crippen LogP contribution in [0.3, 0.4) is 0 Å². The number of rotatable bonds is 10. The second kappa shape index (κ2) is 24.6. The van der Waals surface area contributed by atoms with Gasteiger partial charge in [-0.15, -0.1) is 0 Å². The van der Waals surface area contributed by atoms with Gasteiger partial charge in [0.2, 0.25) is 35.4 Å². The average Bonchev–Trinajstić information content (AvgIpc) is 4.02. The Morgan fingerprint density at radius 2 is 1.77 bits per heavy atom. The number of hydrogen-bond acceptors (Lipinski definition) is 16. The number of para-hydroxylation sites is 1. The van der Waals surface area contributed by atoms with Crippen LogP contribution < -0.4 is 81.6 Å². The Morgan fingerprint density at radius 1 is 1.03 bits per heavy atom. The number of nitrogens with one attached hydrogen (secondary N) is 8. The molecule has 0 aromatic heterocycles. The fourth-order valence-corrected chi connectivity index (χ4v) is 9.59. The molecular formula is C47H58FN9NaO15-. The number of likely N-dealkylation sites (N-methyl/N-ethyl adjacent to an activating group) is 1. The molecule has 5 aliphatic heterocycles. The van der Waals surface area contributed by atoms with Crippen LogP contribution in [0.1, 0.15) is 81.2 Å². The smallest absolute Gasteiger partial charge is 0.540 e. The molecule has 0 saturated carbocycles. The number of nitrogens with zero attached hydrogens (tertiary/aromatic N) is 1. The first-order valence-electron chi connectivity index (χ1n) is 23.2. The SMILES string of the molecule is CCC1(C)Oc2cccc3c2NC2Oc4c5cc(cc4[C@]32CC(NC)C(=O)NCC(=O)N(F)CC(=O)NC1C(=O)O)C(O)C(C(=O)NC[C-]=O)NC(=O)C(NC(=O)C1CCC(=O)N1)CC(C)C5.O=C[CH-]CO.[Na+]. The van der Waals surface area contributed by atoms with Crippen molar-refractivity contribution >= 4 is 65.6 Å². The zero-order chi connectivity index (χ0) is 52.7. The molecule has 1 saturated heterocycles. The monoisotopic (exact) mass is 1030 g/mol. The summed E-state index contributed by atoms with van der Waals surface area (Å²) in [5, 5.41) is 51.2. The molecule has 0 aliphatic carbocycles. The molecule has 7 amide bonds. The van der Waals surface area contributed by atoms with Crippen molar-refractivity contribution in [1.29, 1.82) is 0 Å². The number of anilines is 1. The van der Waals surface area contributed by atoms with Gasteiger partial charge in [-0.05, 0) is 93.2 Å². The summed E-state index contributed by atoms with van der Waals surface area (Å²) in [5.41, 5.74) is -1.29. The topological polar surface area (TPSA) is 349 Å². The summed E-state index contributed by atoms with van der Waals surface area (Å²) >= 11 is 0. The van der Waals surface area contributed by atoms with Crippen molar-refractivity contribution in [1.82, 2.24) is 42.3 Å². The van der Waals surface area contributed by atoms with Crippen LogP contribution in [0.25, 0.3) is 0 Å². The van der Waals surface area contributed by atoms with Gasteiger partial charge in [-0.1, -0.05) is 43.6 Å². The Morgan fingerprint density at radius 3 is 2.38 bits per heavy atom. The summed E-state index contributed by atoms with van der Waals surface area (Å²) in [6.07, 6.45) is 0.700. The van der Waals surface area contributed by atoms with Gasteiger partial charge in [-0.25, -0.2) is 11.1 Å². The molecule has 9 unspecified atom stereocenters. The standard InChI is InChI=1S/C44H53FN9O13.C3H5O2.Na/c1-5-43(3)36(41(64)65)51-30(57)19-54(45)31(58)18-48-37(60)27(46-4)17-44-23-7-6-8-28(67-43)32(23)53-42(44)66-35-22-13-20(2)14-26(50-38(61)25-9-10-29(56)49-25)39(62)52-33(40(63)47-11-12-55)34(59)21(15-22)16-24(35)44;4-2-1-3-5;/h6-8,15-16,20,25-27,33-34,36,42,46,53,59H,5,9-11,13-14,17-19H2,1-4H3,(H,47,63)(H,48,60)(H,49,56)(H,50,61)(H,51,57)(H,52,62)(H,64,65);1-2,5H,3H2;/q2*-1;+1/t20?,25?,26?,27?,33?,34?,36?,42?,43?,44-;;/m0../s1. The Balaban J connectivity index is 0.00000157. The van der Waals surface area contributed by atoms with E-state index in [4.69, 9.17) is 14.6 Å². The van der Waals surface area contributed by atoms with Crippen molar-refractivity contribution in [2.24, 2.45) is 5.92 Å². The van der Waals surface area contributed by atoms with E-state index < -0.39 is 126 Å². The molecule has 5 heterocycles. The van der Waals surface area contributed by atoms with Crippen molar-refractivity contribution in [3.8, 4) is 11.5 Å². The molecule has 0 radical (unpaired) electrons. The van der Waals surface area contributed by atoms with Crippen LogP contribution in [0, 0.1) is 12.3 Å². The number of aldehydes is 1. The molecule has 11 N–H and O–H groups in total. The Labute approximate surface area is 440 Å². The second-order valence-corrected chi connectivity index (χ2v) is 18.2. The Hall–Kier alpha value is -6.38. The predicted octanol–water partition coefficient (Wildman–Crippen LogP) is -5.47. The molecule has 26 heteroatoms. The first-order chi connectivity index (χ1) is 34.2. The van der Waals surface area contributed by atoms with E-state index in [9.17, 15) is 58.2 Å². The number of carbonyl (C=O) groups excluding carboxylic acids is 9. The Kier molecular flexibility index (Phi) is 19.4. The maximum atomic E-state index is 15.1. The molecule has 2 aromatic rings. The minimum atomic E-state index is -1.82. The van der Waals surface area contributed by atoms with Gasteiger partial charge in [0, 0.05) is 12.0 Å². The number of carbonyl (C=O) groups is 9. The van der Waals surface area contributed by atoms with E-state index in [2.05, 4.69) is 42.5 Å². The van der Waals surface area contributed by atoms with Gasteiger partial charge in [0.25, 0.3) is 5.91 Å². The molecule has 2 aromatic carbocycles. The summed E-state index contributed by atoms with van der Waals surface area (Å²) in [7, 11) is 1.49. The van der Waals surface area contributed by atoms with E-state index in [1.54, 1.807) is 43.5 Å². The summed E-state index contributed by atoms with van der Waals surface area (Å²) in [6, 6.07) is 1.30. The molecule has 5 aliphatic rings. The number of benzene rings is 2. The molecule has 1 fully saturated rings. The van der Waals surface area contributed by atoms with Gasteiger partial charge in [0.1, 0.15) is 47.9 Å². The van der Waals surface area contributed by atoms with Crippen LogP contribution in [-0.4, -0.2) is 156 Å². The number of carboxylic acid groups (broad SMARTS) is 1. The number of ether oxygens (including phenoxy) is 2. The molecule has 6 bridgehead atoms. The third-order valence-electron chi connectivity index (χ3n) is 13.4. The number of aliphatic carboxylic acids is 1. The van der Waals surface area contributed by atoms with Crippen molar-refractivity contribution in [3.63, 3.8) is 0 Å². The normalized spacial score (nSPS) is 28.7. The van der Waals surface area contributed by atoms with Crippen LogP contribution in [0.15, 0.2) is 30.3 Å². The third-order valence-corrected chi connectivity index (χ3v) is 13.4. The molecular weight excluding hydrogens is 973 g/mol. The van der Waals surface area contributed by atoms with Crippen molar-refractivity contribution < 1.29 is 107 Å². The molecule has 10 atom stereocenters. The number of amides is 7. The number of aliphatic hydroxyl groups is 2. The van der Waals surface area contributed by atoms with Gasteiger partial charge in [-0.3, -0.25) is 33.6 Å². The molecule has 24 nitrogen and oxygen atoms in total. The first kappa shape index (κ1) is 57.5. The summed E-state index contributed by atoms with van der Waals surface area (Å²) in [6.45, 7) is 2.10. The number of carboxylic acids is 1. The van der Waals surface area contributed by atoms with Crippen LogP contribution in [0.5, 0.6) is 11.5 Å². The maximum Gasteiger partial charge on any atom is 1.00 e. The first-order valence-corrected chi connectivity index (χ1v) is 23.2. The van der Waals surface area contributed by atoms with Crippen LogP contribution in [-0.2, 0) is 59.8 Å². The minimum absolute atomic E-state index is 0. The summed E-state index contributed by atoms with van der Waals surface area (Å²) < 4.78 is 28.5. The van der Waals surface area contributed by atoms with Crippen LogP contribution in [0.4, 0.5) is 10.2 Å². The molecule has 1 spiro atoms. The van der Waals surface area contributed by atoms with Gasteiger partial charge >= 0.3 is 35.5 Å². The summed E-state index contributed by atoms with van der Waals surface area (Å²) in [4.78, 5) is 126. The maximum absolute atomic E-state index is 15.1. The fourth-order valence-electron chi connectivity index (χ4n) is 9.59. The van der Waals surface area contributed by atoms with Crippen molar-refractivity contribution in [3.05, 3.63) is 59.0 Å². The zero-order valence-electron chi connectivity index (χ0n) is 40.8. The van der Waals surface area contributed by atoms with E-state index in [-0.39, 0.29) is 91.9 Å². The van der Waals surface area contributed by atoms with Gasteiger partial charge in [-0.2, -0.15) is 5.12 Å². The van der Waals surface area contributed by atoms with Crippen molar-refractivity contribution in [2.75, 3.05) is 38.6 Å². The van der Waals surface area contributed by atoms with E-state index in [1.165, 1.54) is 14.0 Å². The largest absolute Gasteiger partial charge is 1.00 e. The van der Waals surface area contributed by atoms with Crippen LogP contribution in [0.2, 0.25) is 0 Å². The number of hydrogen-bond donors (Lipinski definition) is 11. The van der Waals surface area contributed by atoms with Crippen molar-refractivity contribution in [2.45, 2.75) is 113 Å². The van der Waals surface area contributed by atoms with Gasteiger partial charge in [0.05, 0.1) is 23.7 Å². The van der Waals surface area contributed by atoms with Gasteiger partial charge < -0.3 is 83.3 Å². The third kappa shape index (κ3) is 12.4. The van der Waals surface area contributed by atoms with E-state index >= 15 is 4.48 Å².